The molecule has 0 saturated heterocycles. The maximum atomic E-state index is 10.9. The number of fused-ring (bicyclic) bond motifs is 1. The van der Waals surface area contributed by atoms with Gasteiger partial charge in [-0.2, -0.15) is 0 Å². The average molecular weight is 399 g/mol. The molecule has 2 aromatic carbocycles. The van der Waals surface area contributed by atoms with Gasteiger partial charge in [-0.05, 0) is 41.3 Å². The molecule has 0 bridgehead atoms. The van der Waals surface area contributed by atoms with Crippen molar-refractivity contribution in [2.24, 2.45) is 0 Å². The first kappa shape index (κ1) is 17.5. The largest absolute Gasteiger partial charge is 0.508 e. The van der Waals surface area contributed by atoms with Crippen molar-refractivity contribution < 1.29 is 10.2 Å². The number of aromatic hydroxyl groups is 2. The Kier molecular flexibility index (Phi) is 4.26. The minimum Gasteiger partial charge on any atom is -0.508 e. The molecule has 0 saturated carbocycles. The van der Waals surface area contributed by atoms with Gasteiger partial charge in [0, 0.05) is 18.2 Å². The second-order valence-corrected chi connectivity index (χ2v) is 7.68. The number of aromatic nitrogens is 3. The monoisotopic (exact) mass is 399 g/mol. The molecule has 0 atom stereocenters. The summed E-state index contributed by atoms with van der Waals surface area (Å²) < 4.78 is 1.70. The minimum atomic E-state index is 0.0965. The highest BCUT2D eigenvalue weighted by molar-refractivity contribution is 7.13. The number of rotatable bonds is 4. The first-order valence-corrected chi connectivity index (χ1v) is 10.0. The van der Waals surface area contributed by atoms with Crippen molar-refractivity contribution in [3.63, 3.8) is 0 Å². The van der Waals surface area contributed by atoms with E-state index in [4.69, 9.17) is 9.97 Å². The topological polar surface area (TPSA) is 70.7 Å². The van der Waals surface area contributed by atoms with E-state index in [-0.39, 0.29) is 11.6 Å². The lowest BCUT2D eigenvalue weighted by molar-refractivity contribution is 0.450. The summed E-state index contributed by atoms with van der Waals surface area (Å²) in [4.78, 5) is 10.5. The number of phenolic OH excluding ortho intramolecular Hbond substituents is 1. The third-order valence-corrected chi connectivity index (χ3v) is 5.66. The molecule has 0 aliphatic heterocycles. The average Bonchev–Trinajstić information content (AvgIpc) is 3.38. The van der Waals surface area contributed by atoms with Crippen LogP contribution < -0.4 is 0 Å². The summed E-state index contributed by atoms with van der Waals surface area (Å²) in [6.45, 7) is 0. The number of hydrogen-bond donors (Lipinski definition) is 2. The summed E-state index contributed by atoms with van der Waals surface area (Å²) in [5.74, 6) is 0.295. The van der Waals surface area contributed by atoms with Crippen molar-refractivity contribution >= 4 is 17.0 Å². The summed E-state index contributed by atoms with van der Waals surface area (Å²) in [5.41, 5.74) is 4.64. The fourth-order valence-corrected chi connectivity index (χ4v) is 4.06. The van der Waals surface area contributed by atoms with Crippen LogP contribution in [0.1, 0.15) is 11.3 Å². The molecule has 5 aromatic rings. The van der Waals surface area contributed by atoms with Crippen LogP contribution in [0.2, 0.25) is 0 Å². The summed E-state index contributed by atoms with van der Waals surface area (Å²) in [7, 11) is 0. The highest BCUT2D eigenvalue weighted by Crippen LogP contribution is 2.35. The zero-order chi connectivity index (χ0) is 19.8. The van der Waals surface area contributed by atoms with Crippen molar-refractivity contribution in [3.05, 3.63) is 89.6 Å². The van der Waals surface area contributed by atoms with Crippen LogP contribution in [0.15, 0.2) is 78.3 Å². The number of benzene rings is 2. The summed E-state index contributed by atoms with van der Waals surface area (Å²) >= 11 is 1.53. The van der Waals surface area contributed by atoms with Gasteiger partial charge in [0.05, 0.1) is 16.3 Å². The van der Waals surface area contributed by atoms with Crippen LogP contribution in [0.3, 0.4) is 0 Å². The summed E-state index contributed by atoms with van der Waals surface area (Å²) in [6.07, 6.45) is 2.38. The van der Waals surface area contributed by atoms with Crippen molar-refractivity contribution in [3.8, 4) is 33.5 Å². The van der Waals surface area contributed by atoms with E-state index in [9.17, 15) is 10.2 Å². The van der Waals surface area contributed by atoms with Crippen LogP contribution >= 0.6 is 11.3 Å². The molecule has 29 heavy (non-hydrogen) atoms. The quantitative estimate of drug-likeness (QED) is 0.440. The van der Waals surface area contributed by atoms with E-state index in [1.54, 1.807) is 22.7 Å². The Morgan fingerprint density at radius 2 is 1.66 bits per heavy atom. The summed E-state index contributed by atoms with van der Waals surface area (Å²) in [6, 6.07) is 20.8. The number of imidazole rings is 1. The zero-order valence-electron chi connectivity index (χ0n) is 15.4. The fraction of sp³-hybridized carbons (Fsp3) is 0.0435. The molecule has 0 aliphatic carbocycles. The van der Waals surface area contributed by atoms with E-state index in [2.05, 4.69) is 0 Å². The predicted molar refractivity (Wildman–Crippen MR) is 114 cm³/mol. The fourth-order valence-electron chi connectivity index (χ4n) is 3.35. The maximum Gasteiger partial charge on any atom is 0.225 e. The van der Waals surface area contributed by atoms with Crippen LogP contribution in [-0.2, 0) is 6.42 Å². The standard InChI is InChI=1S/C23H17N3O2S/c27-17-10-8-16(9-11-17)19-14-26-22(18(24-19)13-15-5-2-1-3-6-15)25-21(23(26)28)20-7-4-12-29-20/h1-12,14,27-28H,13H2. The number of hydrogen-bond acceptors (Lipinski definition) is 5. The lowest BCUT2D eigenvalue weighted by Crippen LogP contribution is -2.00. The van der Waals surface area contributed by atoms with Crippen LogP contribution in [0.25, 0.3) is 27.5 Å². The molecule has 6 heteroatoms. The smallest absolute Gasteiger partial charge is 0.225 e. The van der Waals surface area contributed by atoms with Crippen molar-refractivity contribution in [2.75, 3.05) is 0 Å². The van der Waals surface area contributed by atoms with E-state index in [0.29, 0.717) is 23.5 Å². The molecule has 5 rings (SSSR count). The molecule has 2 N–H and O–H groups in total. The van der Waals surface area contributed by atoms with Gasteiger partial charge < -0.3 is 10.2 Å². The van der Waals surface area contributed by atoms with Crippen molar-refractivity contribution in [1.82, 2.24) is 14.4 Å². The third kappa shape index (κ3) is 3.23. The van der Waals surface area contributed by atoms with Gasteiger partial charge in [0.15, 0.2) is 5.65 Å². The van der Waals surface area contributed by atoms with Gasteiger partial charge in [-0.3, -0.25) is 4.40 Å². The molecular formula is C23H17N3O2S. The van der Waals surface area contributed by atoms with Gasteiger partial charge in [-0.25, -0.2) is 9.97 Å². The highest BCUT2D eigenvalue weighted by atomic mass is 32.1. The van der Waals surface area contributed by atoms with Crippen LogP contribution in [0.4, 0.5) is 0 Å². The molecule has 5 nitrogen and oxygen atoms in total. The molecule has 0 aliphatic rings. The first-order valence-electron chi connectivity index (χ1n) is 9.17. The molecule has 0 unspecified atom stereocenters. The Balaban J connectivity index is 1.72. The number of thiophene rings is 1. The van der Waals surface area contributed by atoms with Crippen LogP contribution in [0.5, 0.6) is 11.6 Å². The van der Waals surface area contributed by atoms with Gasteiger partial charge >= 0.3 is 0 Å². The van der Waals surface area contributed by atoms with E-state index in [0.717, 1.165) is 21.7 Å². The Labute approximate surface area is 171 Å². The SMILES string of the molecule is Oc1ccc(-c2cn3c(O)c(-c4cccs4)nc3c(Cc3ccccc3)n2)cc1. The highest BCUT2D eigenvalue weighted by Gasteiger charge is 2.19. The Morgan fingerprint density at radius 1 is 0.862 bits per heavy atom. The molecule has 3 aromatic heterocycles. The minimum absolute atomic E-state index is 0.0965. The van der Waals surface area contributed by atoms with Gasteiger partial charge in [0.2, 0.25) is 5.88 Å². The molecule has 0 amide bonds. The second kappa shape index (κ2) is 7.07. The van der Waals surface area contributed by atoms with E-state index in [1.807, 2.05) is 60.0 Å². The molecule has 0 fully saturated rings. The lowest BCUT2D eigenvalue weighted by atomic mass is 10.1. The summed E-state index contributed by atoms with van der Waals surface area (Å²) in [5, 5.41) is 22.5. The molecule has 0 radical (unpaired) electrons. The van der Waals surface area contributed by atoms with Gasteiger partial charge in [-0.15, -0.1) is 11.3 Å². The van der Waals surface area contributed by atoms with E-state index < -0.39 is 0 Å². The van der Waals surface area contributed by atoms with Gasteiger partial charge in [-0.1, -0.05) is 36.4 Å². The Morgan fingerprint density at radius 3 is 2.38 bits per heavy atom. The first-order chi connectivity index (χ1) is 14.2. The van der Waals surface area contributed by atoms with E-state index in [1.165, 1.54) is 11.3 Å². The lowest BCUT2D eigenvalue weighted by Gasteiger charge is -2.08. The van der Waals surface area contributed by atoms with Crippen LogP contribution in [-0.4, -0.2) is 24.6 Å². The molecular weight excluding hydrogens is 382 g/mol. The molecule has 142 valence electrons. The van der Waals surface area contributed by atoms with E-state index >= 15 is 0 Å². The predicted octanol–water partition coefficient (Wildman–Crippen LogP) is 5.13. The normalized spacial score (nSPS) is 11.2. The zero-order valence-corrected chi connectivity index (χ0v) is 16.2. The Bertz CT molecular complexity index is 1280. The van der Waals surface area contributed by atoms with Crippen molar-refractivity contribution in [2.45, 2.75) is 6.42 Å². The third-order valence-electron chi connectivity index (χ3n) is 4.78. The number of phenols is 1. The van der Waals surface area contributed by atoms with Crippen LogP contribution in [0, 0.1) is 0 Å². The van der Waals surface area contributed by atoms with Gasteiger partial charge in [0.1, 0.15) is 11.4 Å². The van der Waals surface area contributed by atoms with Crippen molar-refractivity contribution in [1.29, 1.82) is 0 Å². The van der Waals surface area contributed by atoms with Gasteiger partial charge in [0.25, 0.3) is 0 Å². The maximum absolute atomic E-state index is 10.9. The Hall–Kier alpha value is -3.64. The number of nitrogens with zero attached hydrogens (tertiary/aromatic N) is 3. The molecule has 0 spiro atoms. The second-order valence-electron chi connectivity index (χ2n) is 6.74. The molecule has 3 heterocycles.